The van der Waals surface area contributed by atoms with Gasteiger partial charge in [0.25, 0.3) is 11.7 Å². The number of Topliss-reactive ketones (excluding diaryl/α,β-unsaturated/α-hetero) is 1. The molecule has 7 heteroatoms. The third-order valence-electron chi connectivity index (χ3n) is 4.46. The number of methoxy groups -OCH3 is 1. The van der Waals surface area contributed by atoms with Gasteiger partial charge < -0.3 is 19.2 Å². The predicted molar refractivity (Wildman–Crippen MR) is 101 cm³/mol. The number of hydrogen-bond donors (Lipinski definition) is 1. The van der Waals surface area contributed by atoms with Crippen LogP contribution in [0.2, 0.25) is 5.02 Å². The smallest absolute Gasteiger partial charge is 0.295 e. The number of furan rings is 1. The fraction of sp³-hybridized carbons (Fsp3) is 0.300. The van der Waals surface area contributed by atoms with Gasteiger partial charge in [-0.1, -0.05) is 18.5 Å². The topological polar surface area (TPSA) is 80.0 Å². The Morgan fingerprint density at radius 1 is 1.37 bits per heavy atom. The number of likely N-dealkylation sites (tertiary alicyclic amines) is 1. The average Bonchev–Trinajstić information content (AvgIpc) is 3.23. The van der Waals surface area contributed by atoms with Gasteiger partial charge in [0.1, 0.15) is 23.3 Å². The van der Waals surface area contributed by atoms with Crippen molar-refractivity contribution in [1.29, 1.82) is 0 Å². The van der Waals surface area contributed by atoms with Gasteiger partial charge in [-0.05, 0) is 43.2 Å². The lowest BCUT2D eigenvalue weighted by atomic mass is 9.98. The molecule has 6 nitrogen and oxygen atoms in total. The Morgan fingerprint density at radius 2 is 2.11 bits per heavy atom. The summed E-state index contributed by atoms with van der Waals surface area (Å²) in [4.78, 5) is 26.7. The number of hydrogen-bond acceptors (Lipinski definition) is 5. The monoisotopic (exact) mass is 389 g/mol. The van der Waals surface area contributed by atoms with Gasteiger partial charge in [0.05, 0.1) is 29.5 Å². The molecule has 1 fully saturated rings. The number of nitrogens with zero attached hydrogens (tertiary/aromatic N) is 1. The van der Waals surface area contributed by atoms with Crippen LogP contribution in [-0.2, 0) is 9.59 Å². The van der Waals surface area contributed by atoms with Crippen LogP contribution in [0.1, 0.15) is 36.3 Å². The number of benzene rings is 1. The largest absolute Gasteiger partial charge is 0.507 e. The van der Waals surface area contributed by atoms with Crippen LogP contribution in [-0.4, -0.2) is 35.4 Å². The first-order valence-corrected chi connectivity index (χ1v) is 8.94. The summed E-state index contributed by atoms with van der Waals surface area (Å²) in [6, 6.07) is 5.89. The Morgan fingerprint density at radius 3 is 2.70 bits per heavy atom. The lowest BCUT2D eigenvalue weighted by Gasteiger charge is -2.22. The lowest BCUT2D eigenvalue weighted by Crippen LogP contribution is -2.30. The van der Waals surface area contributed by atoms with E-state index in [9.17, 15) is 14.7 Å². The van der Waals surface area contributed by atoms with E-state index in [4.69, 9.17) is 20.8 Å². The number of ketones is 1. The quantitative estimate of drug-likeness (QED) is 0.473. The molecule has 1 atom stereocenters. The molecule has 1 aliphatic rings. The van der Waals surface area contributed by atoms with Gasteiger partial charge in [-0.25, -0.2) is 0 Å². The molecule has 3 rings (SSSR count). The van der Waals surface area contributed by atoms with E-state index >= 15 is 0 Å². The van der Waals surface area contributed by atoms with E-state index in [1.54, 1.807) is 24.3 Å². The number of ether oxygens (including phenoxy) is 1. The van der Waals surface area contributed by atoms with Gasteiger partial charge in [0.2, 0.25) is 0 Å². The van der Waals surface area contributed by atoms with Crippen LogP contribution >= 0.6 is 11.6 Å². The third kappa shape index (κ3) is 3.21. The SMILES string of the molecule is CCCN1C(=O)C(=O)/C(=C(\O)c2cc(C)cc(Cl)c2OC)C1c1ccco1. The molecule has 1 amide bonds. The zero-order chi connectivity index (χ0) is 19.7. The van der Waals surface area contributed by atoms with E-state index in [1.807, 2.05) is 13.8 Å². The number of aliphatic hydroxyl groups excluding tert-OH is 1. The standard InChI is InChI=1S/C20H20ClNO5/c1-4-7-22-16(14-6-5-8-27-14)15(18(24)20(22)25)17(23)12-9-11(2)10-13(21)19(12)26-3/h5-6,8-10,16,23H,4,7H2,1-3H3/b17-15-. The first kappa shape index (κ1) is 19.0. The van der Waals surface area contributed by atoms with Crippen LogP contribution in [0, 0.1) is 6.92 Å². The number of aliphatic hydroxyl groups is 1. The molecule has 0 bridgehead atoms. The van der Waals surface area contributed by atoms with Gasteiger partial charge in [-0.2, -0.15) is 0 Å². The van der Waals surface area contributed by atoms with Crippen molar-refractivity contribution >= 4 is 29.1 Å². The van der Waals surface area contributed by atoms with Crippen LogP contribution < -0.4 is 4.74 Å². The molecule has 1 aliphatic heterocycles. The molecule has 2 heterocycles. The Balaban J connectivity index is 2.26. The van der Waals surface area contributed by atoms with Crippen molar-refractivity contribution in [3.8, 4) is 5.75 Å². The zero-order valence-corrected chi connectivity index (χ0v) is 16.0. The second-order valence-electron chi connectivity index (χ2n) is 6.34. The second kappa shape index (κ2) is 7.48. The van der Waals surface area contributed by atoms with Crippen LogP contribution in [0.25, 0.3) is 5.76 Å². The number of rotatable bonds is 5. The Bertz CT molecular complexity index is 917. The summed E-state index contributed by atoms with van der Waals surface area (Å²) < 4.78 is 10.8. The molecule has 1 aromatic heterocycles. The van der Waals surface area contributed by atoms with E-state index in [0.717, 1.165) is 5.56 Å². The first-order valence-electron chi connectivity index (χ1n) is 8.57. The lowest BCUT2D eigenvalue weighted by molar-refractivity contribution is -0.140. The van der Waals surface area contributed by atoms with Crippen molar-refractivity contribution < 1.29 is 23.8 Å². The van der Waals surface area contributed by atoms with Gasteiger partial charge in [-0.3, -0.25) is 9.59 Å². The minimum Gasteiger partial charge on any atom is -0.507 e. The number of carbonyl (C=O) groups excluding carboxylic acids is 2. The van der Waals surface area contributed by atoms with E-state index in [-0.39, 0.29) is 22.6 Å². The van der Waals surface area contributed by atoms with E-state index < -0.39 is 17.7 Å². The Kier molecular flexibility index (Phi) is 5.28. The molecular weight excluding hydrogens is 370 g/mol. The summed E-state index contributed by atoms with van der Waals surface area (Å²) in [7, 11) is 1.42. The maximum atomic E-state index is 12.8. The van der Waals surface area contributed by atoms with Crippen molar-refractivity contribution in [2.75, 3.05) is 13.7 Å². The maximum absolute atomic E-state index is 12.8. The zero-order valence-electron chi connectivity index (χ0n) is 15.3. The molecule has 0 aliphatic carbocycles. The molecule has 27 heavy (non-hydrogen) atoms. The normalized spacial score (nSPS) is 19.0. The van der Waals surface area contributed by atoms with Crippen LogP contribution in [0.15, 0.2) is 40.5 Å². The minimum absolute atomic E-state index is 0.0385. The first-order chi connectivity index (χ1) is 12.9. The summed E-state index contributed by atoms with van der Waals surface area (Å²) >= 11 is 6.23. The summed E-state index contributed by atoms with van der Waals surface area (Å²) in [5.41, 5.74) is 0.997. The fourth-order valence-corrected chi connectivity index (χ4v) is 3.70. The highest BCUT2D eigenvalue weighted by Crippen LogP contribution is 2.42. The highest BCUT2D eigenvalue weighted by molar-refractivity contribution is 6.46. The highest BCUT2D eigenvalue weighted by Gasteiger charge is 2.47. The Hall–Kier alpha value is -2.73. The van der Waals surface area contributed by atoms with E-state index in [0.29, 0.717) is 23.7 Å². The van der Waals surface area contributed by atoms with Gasteiger partial charge in [-0.15, -0.1) is 0 Å². The molecule has 2 aromatic rings. The van der Waals surface area contributed by atoms with Crippen LogP contribution in [0.4, 0.5) is 0 Å². The van der Waals surface area contributed by atoms with Crippen LogP contribution in [0.5, 0.6) is 5.75 Å². The molecule has 0 spiro atoms. The summed E-state index contributed by atoms with van der Waals surface area (Å²) in [5.74, 6) is -1.13. The van der Waals surface area contributed by atoms with E-state index in [1.165, 1.54) is 18.3 Å². The second-order valence-corrected chi connectivity index (χ2v) is 6.74. The molecule has 142 valence electrons. The number of carbonyl (C=O) groups is 2. The molecule has 0 saturated carbocycles. The fourth-order valence-electron chi connectivity index (χ4n) is 3.35. The predicted octanol–water partition coefficient (Wildman–Crippen LogP) is 4.08. The number of aryl methyl sites for hydroxylation is 1. The van der Waals surface area contributed by atoms with Crippen LogP contribution in [0.3, 0.4) is 0 Å². The van der Waals surface area contributed by atoms with Gasteiger partial charge >= 0.3 is 0 Å². The average molecular weight is 390 g/mol. The summed E-state index contributed by atoms with van der Waals surface area (Å²) in [6.45, 7) is 4.07. The molecule has 1 saturated heterocycles. The molecule has 1 aromatic carbocycles. The third-order valence-corrected chi connectivity index (χ3v) is 4.75. The molecule has 1 N–H and O–H groups in total. The molecule has 0 radical (unpaired) electrons. The maximum Gasteiger partial charge on any atom is 0.295 e. The van der Waals surface area contributed by atoms with Crippen molar-refractivity contribution in [3.05, 3.63) is 58.0 Å². The minimum atomic E-state index is -0.802. The number of halogens is 1. The Labute approximate surface area is 162 Å². The summed E-state index contributed by atoms with van der Waals surface area (Å²) in [6.07, 6.45) is 2.12. The van der Waals surface area contributed by atoms with Gasteiger partial charge in [0.15, 0.2) is 0 Å². The highest BCUT2D eigenvalue weighted by atomic mass is 35.5. The van der Waals surface area contributed by atoms with Crippen molar-refractivity contribution in [1.82, 2.24) is 4.90 Å². The summed E-state index contributed by atoms with van der Waals surface area (Å²) in [5, 5.41) is 11.3. The van der Waals surface area contributed by atoms with Crippen molar-refractivity contribution in [2.45, 2.75) is 26.3 Å². The molecule has 1 unspecified atom stereocenters. The van der Waals surface area contributed by atoms with E-state index in [2.05, 4.69) is 0 Å². The van der Waals surface area contributed by atoms with Crippen molar-refractivity contribution in [2.24, 2.45) is 0 Å². The van der Waals surface area contributed by atoms with Crippen molar-refractivity contribution in [3.63, 3.8) is 0 Å². The molecular formula is C20H20ClNO5. The van der Waals surface area contributed by atoms with Gasteiger partial charge in [0, 0.05) is 6.54 Å². The number of amides is 1.